The Hall–Kier alpha value is -1.23. The van der Waals surface area contributed by atoms with Crippen LogP contribution in [0.3, 0.4) is 0 Å². The van der Waals surface area contributed by atoms with Crippen molar-refractivity contribution in [2.45, 2.75) is 51.9 Å². The van der Waals surface area contributed by atoms with Crippen LogP contribution in [0, 0.1) is 0 Å². The Morgan fingerprint density at radius 2 is 1.32 bits per heavy atom. The van der Waals surface area contributed by atoms with E-state index < -0.39 is 0 Å². The lowest BCUT2D eigenvalue weighted by Crippen LogP contribution is -1.82. The summed E-state index contributed by atoms with van der Waals surface area (Å²) in [4.78, 5) is 18.3. The van der Waals surface area contributed by atoms with Crippen LogP contribution in [0.15, 0.2) is 36.4 Å². The molecule has 0 aliphatic rings. The number of aldehydes is 1. The monoisotopic (exact) mass is 388 g/mol. The molecule has 0 aliphatic heterocycles. The summed E-state index contributed by atoms with van der Waals surface area (Å²) in [7, 11) is 0. The predicted octanol–water partition coefficient (Wildman–Crippen LogP) is 7.92. The molecule has 0 saturated heterocycles. The van der Waals surface area contributed by atoms with E-state index in [1.54, 1.807) is 11.3 Å². The number of rotatable bonds is 10. The van der Waals surface area contributed by atoms with Gasteiger partial charge in [0.25, 0.3) is 0 Å². The molecule has 0 spiro atoms. The summed E-state index contributed by atoms with van der Waals surface area (Å²) < 4.78 is 0. The number of aryl methyl sites for hydroxylation is 1. The van der Waals surface area contributed by atoms with Crippen LogP contribution in [0.4, 0.5) is 0 Å². The molecule has 0 amide bonds. The quantitative estimate of drug-likeness (QED) is 0.254. The summed E-state index contributed by atoms with van der Waals surface area (Å²) in [5.41, 5.74) is 0. The van der Waals surface area contributed by atoms with Crippen molar-refractivity contribution in [3.05, 3.63) is 46.2 Å². The van der Waals surface area contributed by atoms with Gasteiger partial charge in [0.15, 0.2) is 6.29 Å². The van der Waals surface area contributed by atoms with Crippen molar-refractivity contribution in [1.29, 1.82) is 0 Å². The zero-order valence-corrected chi connectivity index (χ0v) is 17.1. The number of unbranched alkanes of at least 4 members (excludes halogenated alkanes) is 5. The van der Waals surface area contributed by atoms with Gasteiger partial charge >= 0.3 is 0 Å². The maximum absolute atomic E-state index is 10.9. The summed E-state index contributed by atoms with van der Waals surface area (Å²) >= 11 is 5.31. The van der Waals surface area contributed by atoms with Crippen molar-refractivity contribution < 1.29 is 4.79 Å². The van der Waals surface area contributed by atoms with Gasteiger partial charge in [-0.3, -0.25) is 4.79 Å². The molecule has 0 N–H and O–H groups in total. The lowest BCUT2D eigenvalue weighted by molar-refractivity contribution is 0.112. The Morgan fingerprint density at radius 3 is 2.04 bits per heavy atom. The summed E-state index contributed by atoms with van der Waals surface area (Å²) in [5.74, 6) is 0. The maximum atomic E-state index is 10.9. The Morgan fingerprint density at radius 1 is 0.720 bits per heavy atom. The minimum Gasteiger partial charge on any atom is -0.297 e. The van der Waals surface area contributed by atoms with Gasteiger partial charge in [0.05, 0.1) is 4.88 Å². The smallest absolute Gasteiger partial charge is 0.160 e. The van der Waals surface area contributed by atoms with Gasteiger partial charge in [-0.1, -0.05) is 39.0 Å². The molecule has 0 unspecified atom stereocenters. The molecule has 3 aromatic rings. The van der Waals surface area contributed by atoms with Crippen LogP contribution in [0.1, 0.15) is 60.0 Å². The van der Waals surface area contributed by atoms with E-state index in [4.69, 9.17) is 0 Å². The molecule has 132 valence electrons. The van der Waals surface area contributed by atoms with E-state index in [2.05, 4.69) is 31.2 Å². The summed E-state index contributed by atoms with van der Waals surface area (Å²) in [6, 6.07) is 12.9. The van der Waals surface area contributed by atoms with E-state index >= 15 is 0 Å². The number of hydrogen-bond acceptors (Lipinski definition) is 4. The number of carbonyl (C=O) groups excluding carboxylic acids is 1. The predicted molar refractivity (Wildman–Crippen MR) is 113 cm³/mol. The molecule has 3 heterocycles. The first kappa shape index (κ1) is 18.6. The third-order valence-electron chi connectivity index (χ3n) is 4.27. The third-order valence-corrected chi connectivity index (χ3v) is 7.91. The molecular weight excluding hydrogens is 364 g/mol. The van der Waals surface area contributed by atoms with Gasteiger partial charge in [-0.25, -0.2) is 0 Å². The highest BCUT2D eigenvalue weighted by molar-refractivity contribution is 7.26. The van der Waals surface area contributed by atoms with Gasteiger partial charge in [-0.15, -0.1) is 34.0 Å². The highest BCUT2D eigenvalue weighted by atomic mass is 32.1. The fraction of sp³-hybridized carbons (Fsp3) is 0.381. The molecule has 0 aromatic carbocycles. The topological polar surface area (TPSA) is 17.1 Å². The van der Waals surface area contributed by atoms with E-state index in [9.17, 15) is 4.79 Å². The fourth-order valence-corrected chi connectivity index (χ4v) is 5.93. The van der Waals surface area contributed by atoms with Crippen molar-refractivity contribution >= 4 is 40.3 Å². The second kappa shape index (κ2) is 9.46. The van der Waals surface area contributed by atoms with E-state index in [0.29, 0.717) is 0 Å². The Bertz CT molecular complexity index is 794. The highest BCUT2D eigenvalue weighted by Gasteiger charge is 2.09. The Labute approximate surface area is 162 Å². The average Bonchev–Trinajstić information content (AvgIpc) is 3.37. The lowest BCUT2D eigenvalue weighted by atomic mass is 10.1. The van der Waals surface area contributed by atoms with Crippen LogP contribution >= 0.6 is 34.0 Å². The first-order valence-electron chi connectivity index (χ1n) is 9.04. The third kappa shape index (κ3) is 5.13. The summed E-state index contributed by atoms with van der Waals surface area (Å²) in [5, 5.41) is 0. The fourth-order valence-electron chi connectivity index (χ4n) is 2.88. The zero-order valence-electron chi connectivity index (χ0n) is 14.6. The largest absolute Gasteiger partial charge is 0.297 e. The average molecular weight is 389 g/mol. The van der Waals surface area contributed by atoms with Gasteiger partial charge < -0.3 is 0 Å². The zero-order chi connectivity index (χ0) is 17.5. The van der Waals surface area contributed by atoms with Crippen LogP contribution in [0.5, 0.6) is 0 Å². The second-order valence-corrected chi connectivity index (χ2v) is 9.63. The minimum absolute atomic E-state index is 0.794. The summed E-state index contributed by atoms with van der Waals surface area (Å²) in [6.45, 7) is 2.27. The minimum atomic E-state index is 0.794. The van der Waals surface area contributed by atoms with Crippen LogP contribution in [0.2, 0.25) is 0 Å². The van der Waals surface area contributed by atoms with Gasteiger partial charge in [-0.05, 0) is 49.2 Å². The molecular formula is C21H24OS3. The van der Waals surface area contributed by atoms with Crippen molar-refractivity contribution in [3.63, 3.8) is 0 Å². The maximum Gasteiger partial charge on any atom is 0.160 e. The molecule has 0 radical (unpaired) electrons. The number of hydrogen-bond donors (Lipinski definition) is 0. The highest BCUT2D eigenvalue weighted by Crippen LogP contribution is 2.39. The number of carbonyl (C=O) groups is 1. The number of thiophene rings is 3. The van der Waals surface area contributed by atoms with Crippen LogP contribution in [-0.4, -0.2) is 6.29 Å². The van der Waals surface area contributed by atoms with Gasteiger partial charge in [0.2, 0.25) is 0 Å². The summed E-state index contributed by atoms with van der Waals surface area (Å²) in [6.07, 6.45) is 10.3. The normalized spacial score (nSPS) is 11.1. The molecule has 4 heteroatoms. The SMILES string of the molecule is CCCCCCCCc1ccc(-c2ccc(-c3ccc(C=O)s3)s2)s1. The van der Waals surface area contributed by atoms with Crippen LogP contribution < -0.4 is 0 Å². The van der Waals surface area contributed by atoms with E-state index in [-0.39, 0.29) is 0 Å². The van der Waals surface area contributed by atoms with Crippen molar-refractivity contribution in [2.24, 2.45) is 0 Å². The van der Waals surface area contributed by atoms with Crippen LogP contribution in [-0.2, 0) is 6.42 Å². The lowest BCUT2D eigenvalue weighted by Gasteiger charge is -1.99. The second-order valence-electron chi connectivity index (χ2n) is 6.27. The molecule has 0 bridgehead atoms. The van der Waals surface area contributed by atoms with Crippen molar-refractivity contribution in [2.75, 3.05) is 0 Å². The first-order valence-corrected chi connectivity index (χ1v) is 11.5. The van der Waals surface area contributed by atoms with E-state index in [1.807, 2.05) is 34.8 Å². The van der Waals surface area contributed by atoms with Crippen molar-refractivity contribution in [1.82, 2.24) is 0 Å². The molecule has 0 fully saturated rings. The molecule has 0 atom stereocenters. The first-order chi connectivity index (χ1) is 12.3. The van der Waals surface area contributed by atoms with Crippen LogP contribution in [0.25, 0.3) is 19.5 Å². The Balaban J connectivity index is 1.56. The molecule has 25 heavy (non-hydrogen) atoms. The molecule has 0 aliphatic carbocycles. The standard InChI is InChI=1S/C21H24OS3/c1-2-3-4-5-6-7-8-16-9-11-18(23-16)20-13-14-21(25-20)19-12-10-17(15-22)24-19/h9-15H,2-8H2,1H3. The molecule has 1 nitrogen and oxygen atoms in total. The molecule has 3 rings (SSSR count). The van der Waals surface area contributed by atoms with Gasteiger partial charge in [0.1, 0.15) is 0 Å². The molecule has 0 saturated carbocycles. The van der Waals surface area contributed by atoms with Gasteiger partial charge in [0, 0.05) is 24.4 Å². The van der Waals surface area contributed by atoms with Gasteiger partial charge in [-0.2, -0.15) is 0 Å². The van der Waals surface area contributed by atoms with E-state index in [1.165, 1.54) is 69.3 Å². The Kier molecular flexibility index (Phi) is 7.02. The molecule has 3 aromatic heterocycles. The van der Waals surface area contributed by atoms with Crippen molar-refractivity contribution in [3.8, 4) is 19.5 Å². The van der Waals surface area contributed by atoms with E-state index in [0.717, 1.165) is 11.2 Å².